The van der Waals surface area contributed by atoms with Gasteiger partial charge in [-0.15, -0.1) is 0 Å². The Morgan fingerprint density at radius 1 is 1.27 bits per heavy atom. The van der Waals surface area contributed by atoms with Crippen molar-refractivity contribution in [1.29, 1.82) is 0 Å². The first kappa shape index (κ1) is 14.8. The molecule has 0 radical (unpaired) electrons. The Hall–Kier alpha value is -2.08. The summed E-state index contributed by atoms with van der Waals surface area (Å²) >= 11 is 0. The number of nitrogens with zero attached hydrogens (tertiary/aromatic N) is 3. The third kappa shape index (κ3) is 2.92. The Morgan fingerprint density at radius 2 is 2.00 bits per heavy atom. The van der Waals surface area contributed by atoms with Gasteiger partial charge >= 0.3 is 5.97 Å². The minimum Gasteiger partial charge on any atom is -0.459 e. The Bertz CT molecular complexity index is 633. The van der Waals surface area contributed by atoms with Gasteiger partial charge in [0.05, 0.1) is 12.3 Å². The SMILES string of the molecule is CO[C@H]1CCC[C@@H](OC(=O)c2cnn(C)c2-n2cccc2)C1. The van der Waals surface area contributed by atoms with E-state index in [9.17, 15) is 4.79 Å². The number of methoxy groups -OCH3 is 1. The fourth-order valence-electron chi connectivity index (χ4n) is 3.00. The van der Waals surface area contributed by atoms with Crippen LogP contribution in [0.25, 0.3) is 5.82 Å². The third-order valence-electron chi connectivity index (χ3n) is 4.16. The molecule has 0 aliphatic heterocycles. The molecule has 0 saturated heterocycles. The van der Waals surface area contributed by atoms with E-state index in [-0.39, 0.29) is 18.2 Å². The van der Waals surface area contributed by atoms with Gasteiger partial charge < -0.3 is 14.0 Å². The first-order valence-corrected chi connectivity index (χ1v) is 7.58. The van der Waals surface area contributed by atoms with Gasteiger partial charge in [0.1, 0.15) is 17.5 Å². The number of hydrogen-bond acceptors (Lipinski definition) is 4. The summed E-state index contributed by atoms with van der Waals surface area (Å²) in [4.78, 5) is 12.5. The van der Waals surface area contributed by atoms with Gasteiger partial charge in [-0.2, -0.15) is 5.10 Å². The minimum atomic E-state index is -0.321. The second-order valence-electron chi connectivity index (χ2n) is 5.65. The van der Waals surface area contributed by atoms with Crippen molar-refractivity contribution < 1.29 is 14.3 Å². The maximum absolute atomic E-state index is 12.5. The molecular formula is C16H21N3O3. The van der Waals surface area contributed by atoms with Crippen LogP contribution in [0.5, 0.6) is 0 Å². The van der Waals surface area contributed by atoms with Crippen LogP contribution in [0.1, 0.15) is 36.0 Å². The van der Waals surface area contributed by atoms with Crippen molar-refractivity contribution in [3.05, 3.63) is 36.3 Å². The molecule has 0 unspecified atom stereocenters. The van der Waals surface area contributed by atoms with E-state index in [0.717, 1.165) is 25.7 Å². The lowest BCUT2D eigenvalue weighted by molar-refractivity contribution is -0.0149. The van der Waals surface area contributed by atoms with Crippen LogP contribution in [0.4, 0.5) is 0 Å². The van der Waals surface area contributed by atoms with E-state index in [4.69, 9.17) is 9.47 Å². The normalized spacial score (nSPS) is 21.7. The molecule has 1 fully saturated rings. The molecule has 2 heterocycles. The van der Waals surface area contributed by atoms with E-state index in [1.807, 2.05) is 36.1 Å². The van der Waals surface area contributed by atoms with E-state index < -0.39 is 0 Å². The van der Waals surface area contributed by atoms with Gasteiger partial charge in [0.2, 0.25) is 0 Å². The number of esters is 1. The average molecular weight is 303 g/mol. The summed E-state index contributed by atoms with van der Waals surface area (Å²) in [5.74, 6) is 0.396. The predicted octanol–water partition coefficient (Wildman–Crippen LogP) is 2.33. The van der Waals surface area contributed by atoms with E-state index in [0.29, 0.717) is 11.4 Å². The van der Waals surface area contributed by atoms with Crippen molar-refractivity contribution in [2.24, 2.45) is 7.05 Å². The van der Waals surface area contributed by atoms with E-state index in [2.05, 4.69) is 5.10 Å². The summed E-state index contributed by atoms with van der Waals surface area (Å²) in [6, 6.07) is 3.82. The molecule has 6 nitrogen and oxygen atoms in total. The van der Waals surface area contributed by atoms with Crippen LogP contribution in [0.15, 0.2) is 30.7 Å². The number of carbonyl (C=O) groups excluding carboxylic acids is 1. The summed E-state index contributed by atoms with van der Waals surface area (Å²) in [5, 5.41) is 4.19. The minimum absolute atomic E-state index is 0.0797. The molecular weight excluding hydrogens is 282 g/mol. The molecule has 0 bridgehead atoms. The van der Waals surface area contributed by atoms with E-state index >= 15 is 0 Å². The van der Waals surface area contributed by atoms with Crippen LogP contribution in [0.3, 0.4) is 0 Å². The first-order chi connectivity index (χ1) is 10.7. The van der Waals surface area contributed by atoms with Crippen LogP contribution in [0.2, 0.25) is 0 Å². The molecule has 0 N–H and O–H groups in total. The van der Waals surface area contributed by atoms with Gasteiger partial charge in [0.15, 0.2) is 0 Å². The Morgan fingerprint density at radius 3 is 2.73 bits per heavy atom. The van der Waals surface area contributed by atoms with E-state index in [1.165, 1.54) is 0 Å². The van der Waals surface area contributed by atoms with Crippen molar-refractivity contribution in [2.45, 2.75) is 37.9 Å². The lowest BCUT2D eigenvalue weighted by atomic mass is 9.95. The molecule has 118 valence electrons. The number of carbonyl (C=O) groups is 1. The molecule has 2 aromatic heterocycles. The number of rotatable bonds is 4. The second-order valence-corrected chi connectivity index (χ2v) is 5.65. The molecule has 6 heteroatoms. The van der Waals surface area contributed by atoms with Gasteiger partial charge in [0.25, 0.3) is 0 Å². The van der Waals surface area contributed by atoms with E-state index in [1.54, 1.807) is 18.0 Å². The topological polar surface area (TPSA) is 58.3 Å². The van der Waals surface area contributed by atoms with Crippen LogP contribution in [-0.2, 0) is 16.5 Å². The zero-order valence-corrected chi connectivity index (χ0v) is 12.9. The molecule has 2 aromatic rings. The standard InChI is InChI=1S/C16H21N3O3/c1-18-15(19-8-3-4-9-19)14(11-17-18)16(20)22-13-7-5-6-12(10-13)21-2/h3-4,8-9,11-13H,5-7,10H2,1-2H3/t12-,13+/m0/s1. The fraction of sp³-hybridized carbons (Fsp3) is 0.500. The molecule has 0 aromatic carbocycles. The highest BCUT2D eigenvalue weighted by molar-refractivity contribution is 5.92. The highest BCUT2D eigenvalue weighted by Crippen LogP contribution is 2.25. The summed E-state index contributed by atoms with van der Waals surface area (Å²) in [5.41, 5.74) is 0.484. The fourth-order valence-corrected chi connectivity index (χ4v) is 3.00. The third-order valence-corrected chi connectivity index (χ3v) is 4.16. The Balaban J connectivity index is 1.76. The number of aryl methyl sites for hydroxylation is 1. The zero-order valence-electron chi connectivity index (χ0n) is 12.9. The Labute approximate surface area is 129 Å². The van der Waals surface area contributed by atoms with Crippen molar-refractivity contribution >= 4 is 5.97 Å². The molecule has 2 atom stereocenters. The van der Waals surface area contributed by atoms with Gasteiger partial charge in [-0.1, -0.05) is 0 Å². The van der Waals surface area contributed by atoms with Gasteiger partial charge in [-0.25, -0.2) is 4.79 Å². The van der Waals surface area contributed by atoms with Crippen LogP contribution >= 0.6 is 0 Å². The molecule has 0 spiro atoms. The first-order valence-electron chi connectivity index (χ1n) is 7.58. The lowest BCUT2D eigenvalue weighted by Gasteiger charge is -2.27. The molecule has 22 heavy (non-hydrogen) atoms. The molecule has 1 saturated carbocycles. The molecule has 0 amide bonds. The summed E-state index contributed by atoms with van der Waals surface area (Å²) in [6.07, 6.45) is 9.15. The Kier molecular flexibility index (Phi) is 4.29. The second kappa shape index (κ2) is 6.36. The molecule has 3 rings (SSSR count). The predicted molar refractivity (Wildman–Crippen MR) is 81.0 cm³/mol. The summed E-state index contributed by atoms with van der Waals surface area (Å²) in [7, 11) is 3.52. The van der Waals surface area contributed by atoms with Gasteiger partial charge in [0, 0.05) is 33.0 Å². The maximum atomic E-state index is 12.5. The highest BCUT2D eigenvalue weighted by Gasteiger charge is 2.27. The largest absolute Gasteiger partial charge is 0.459 e. The van der Waals surface area contributed by atoms with Crippen molar-refractivity contribution in [3.63, 3.8) is 0 Å². The molecule has 1 aliphatic rings. The smallest absolute Gasteiger partial charge is 0.343 e. The lowest BCUT2D eigenvalue weighted by Crippen LogP contribution is -2.29. The molecule has 1 aliphatic carbocycles. The quantitative estimate of drug-likeness (QED) is 0.813. The summed E-state index contributed by atoms with van der Waals surface area (Å²) in [6.45, 7) is 0. The number of ether oxygens (including phenoxy) is 2. The van der Waals surface area contributed by atoms with Gasteiger partial charge in [-0.3, -0.25) is 4.68 Å². The maximum Gasteiger partial charge on any atom is 0.343 e. The van der Waals surface area contributed by atoms with Crippen molar-refractivity contribution in [2.75, 3.05) is 7.11 Å². The van der Waals surface area contributed by atoms with Crippen LogP contribution < -0.4 is 0 Å². The van der Waals surface area contributed by atoms with Crippen molar-refractivity contribution in [1.82, 2.24) is 14.3 Å². The van der Waals surface area contributed by atoms with Crippen LogP contribution in [0, 0.1) is 0 Å². The average Bonchev–Trinajstić information content (AvgIpc) is 3.16. The monoisotopic (exact) mass is 303 g/mol. The highest BCUT2D eigenvalue weighted by atomic mass is 16.5. The zero-order chi connectivity index (χ0) is 15.5. The number of aromatic nitrogens is 3. The number of hydrogen-bond donors (Lipinski definition) is 0. The van der Waals surface area contributed by atoms with Crippen LogP contribution in [-0.4, -0.2) is 39.6 Å². The summed E-state index contributed by atoms with van der Waals surface area (Å²) < 4.78 is 14.6. The van der Waals surface area contributed by atoms with Crippen molar-refractivity contribution in [3.8, 4) is 5.82 Å². The van der Waals surface area contributed by atoms with Gasteiger partial charge in [-0.05, 0) is 31.4 Å².